The van der Waals surface area contributed by atoms with Gasteiger partial charge in [-0.15, -0.1) is 0 Å². The summed E-state index contributed by atoms with van der Waals surface area (Å²) in [6, 6.07) is 9.03. The fourth-order valence-electron chi connectivity index (χ4n) is 3.14. The molecule has 4 nitrogen and oxygen atoms in total. The second-order valence-corrected chi connectivity index (χ2v) is 8.62. The minimum Gasteiger partial charge on any atom is -0.364 e. The molecule has 2 aromatic rings. The van der Waals surface area contributed by atoms with Crippen molar-refractivity contribution in [1.82, 2.24) is 5.01 Å². The highest BCUT2D eigenvalue weighted by Gasteiger charge is 2.82. The number of amides is 1. The summed E-state index contributed by atoms with van der Waals surface area (Å²) in [5.41, 5.74) is -4.86. The molecule has 0 fully saturated rings. The molecule has 1 aliphatic heterocycles. The molecule has 0 aromatic heterocycles. The molecule has 33 heavy (non-hydrogen) atoms. The molecule has 1 aliphatic rings. The number of hydrazone groups is 1. The number of hydrogen-bond acceptors (Lipinski definition) is 3. The van der Waals surface area contributed by atoms with Crippen LogP contribution < -0.4 is 0 Å². The Morgan fingerprint density at radius 3 is 2.18 bits per heavy atom. The van der Waals surface area contributed by atoms with Gasteiger partial charge in [-0.1, -0.05) is 45.7 Å². The topological polar surface area (TPSA) is 52.9 Å². The van der Waals surface area contributed by atoms with Gasteiger partial charge >= 0.3 is 18.0 Å². The van der Waals surface area contributed by atoms with E-state index in [4.69, 9.17) is 11.6 Å². The summed E-state index contributed by atoms with van der Waals surface area (Å²) in [5, 5.41) is 13.4. The number of alkyl halides is 7. The van der Waals surface area contributed by atoms with Crippen LogP contribution in [0, 0.1) is 6.92 Å². The normalized spacial score (nSPS) is 19.6. The van der Waals surface area contributed by atoms with E-state index in [1.54, 1.807) is 6.92 Å². The van der Waals surface area contributed by atoms with Gasteiger partial charge in [0.05, 0.1) is 16.3 Å². The van der Waals surface area contributed by atoms with E-state index in [1.165, 1.54) is 36.4 Å². The zero-order valence-electron chi connectivity index (χ0n) is 16.4. The quantitative estimate of drug-likeness (QED) is 0.453. The van der Waals surface area contributed by atoms with E-state index in [2.05, 4.69) is 21.0 Å². The first-order valence-corrected chi connectivity index (χ1v) is 10.2. The number of aliphatic hydroxyl groups is 1. The molecule has 0 bridgehead atoms. The Morgan fingerprint density at radius 2 is 1.67 bits per heavy atom. The van der Waals surface area contributed by atoms with Gasteiger partial charge in [-0.3, -0.25) is 4.79 Å². The van der Waals surface area contributed by atoms with Crippen LogP contribution in [0.5, 0.6) is 0 Å². The summed E-state index contributed by atoms with van der Waals surface area (Å²) in [6.07, 6.45) is -8.24. The Morgan fingerprint density at radius 1 is 1.09 bits per heavy atom. The van der Waals surface area contributed by atoms with Crippen LogP contribution in [0.15, 0.2) is 52.0 Å². The van der Waals surface area contributed by atoms with Gasteiger partial charge in [0.15, 0.2) is 0 Å². The molecular formula is C20H13BrClF7N2O2. The maximum atomic E-state index is 14.8. The Kier molecular flexibility index (Phi) is 6.35. The van der Waals surface area contributed by atoms with Crippen molar-refractivity contribution in [2.75, 3.05) is 0 Å². The summed E-state index contributed by atoms with van der Waals surface area (Å²) >= 11 is 9.07. The lowest BCUT2D eigenvalue weighted by molar-refractivity contribution is -0.400. The summed E-state index contributed by atoms with van der Waals surface area (Å²) in [6.45, 7) is 1.58. The Balaban J connectivity index is 2.18. The number of rotatable bonds is 4. The SMILES string of the molecule is Cc1ccc(C(=O)N2N=C(c3ccc(Br)cc3)C[C@@]2(O)C(F)(F)C(F)(F)C(F)(F)F)c(Cl)c1. The first-order valence-electron chi connectivity index (χ1n) is 9.02. The first-order chi connectivity index (χ1) is 15.0. The van der Waals surface area contributed by atoms with E-state index in [1.807, 2.05) is 0 Å². The Hall–Kier alpha value is -2.18. The van der Waals surface area contributed by atoms with Crippen molar-refractivity contribution in [1.29, 1.82) is 0 Å². The molecule has 0 spiro atoms. The molecule has 178 valence electrons. The van der Waals surface area contributed by atoms with Gasteiger partial charge in [-0.2, -0.15) is 40.8 Å². The molecule has 0 saturated carbocycles. The van der Waals surface area contributed by atoms with Crippen LogP contribution in [0.1, 0.15) is 27.9 Å². The average molecular weight is 562 g/mol. The molecule has 0 saturated heterocycles. The zero-order chi connectivity index (χ0) is 25.0. The minimum atomic E-state index is -6.73. The maximum absolute atomic E-state index is 14.8. The van der Waals surface area contributed by atoms with Gasteiger partial charge in [0.2, 0.25) is 5.72 Å². The van der Waals surface area contributed by atoms with Crippen LogP contribution in [0.25, 0.3) is 0 Å². The van der Waals surface area contributed by atoms with Gasteiger partial charge in [0.1, 0.15) is 0 Å². The maximum Gasteiger partial charge on any atom is 0.460 e. The van der Waals surface area contributed by atoms with E-state index in [9.17, 15) is 40.6 Å². The highest BCUT2D eigenvalue weighted by molar-refractivity contribution is 9.10. The molecule has 1 heterocycles. The van der Waals surface area contributed by atoms with Crippen LogP contribution in [-0.2, 0) is 0 Å². The van der Waals surface area contributed by atoms with Crippen molar-refractivity contribution < 1.29 is 40.6 Å². The summed E-state index contributed by atoms with van der Waals surface area (Å²) in [5.74, 6) is -14.5. The van der Waals surface area contributed by atoms with E-state index >= 15 is 0 Å². The van der Waals surface area contributed by atoms with Crippen LogP contribution in [0.4, 0.5) is 30.7 Å². The predicted molar refractivity (Wildman–Crippen MR) is 109 cm³/mol. The van der Waals surface area contributed by atoms with E-state index in [-0.39, 0.29) is 10.6 Å². The van der Waals surface area contributed by atoms with Gasteiger partial charge in [-0.25, -0.2) is 0 Å². The number of aryl methyl sites for hydroxylation is 1. The Labute approximate surface area is 195 Å². The lowest BCUT2D eigenvalue weighted by Crippen LogP contribution is -2.69. The number of halogens is 9. The molecule has 1 amide bonds. The van der Waals surface area contributed by atoms with E-state index in [0.717, 1.165) is 6.07 Å². The fourth-order valence-corrected chi connectivity index (χ4v) is 3.72. The number of carbonyl (C=O) groups is 1. The lowest BCUT2D eigenvalue weighted by atomic mass is 9.91. The fraction of sp³-hybridized carbons (Fsp3) is 0.300. The number of hydrogen-bond donors (Lipinski definition) is 1. The van der Waals surface area contributed by atoms with Crippen molar-refractivity contribution in [3.05, 3.63) is 68.7 Å². The second kappa shape index (κ2) is 8.24. The molecule has 3 rings (SSSR count). The van der Waals surface area contributed by atoms with E-state index in [0.29, 0.717) is 10.0 Å². The highest BCUT2D eigenvalue weighted by atomic mass is 79.9. The molecule has 2 aromatic carbocycles. The molecule has 0 aliphatic carbocycles. The third-order valence-electron chi connectivity index (χ3n) is 4.96. The molecule has 0 unspecified atom stereocenters. The molecule has 1 atom stereocenters. The van der Waals surface area contributed by atoms with Crippen LogP contribution in [-0.4, -0.2) is 45.5 Å². The van der Waals surface area contributed by atoms with Crippen molar-refractivity contribution in [3.63, 3.8) is 0 Å². The van der Waals surface area contributed by atoms with Crippen LogP contribution in [0.3, 0.4) is 0 Å². The van der Waals surface area contributed by atoms with Crippen LogP contribution in [0.2, 0.25) is 5.02 Å². The third-order valence-corrected chi connectivity index (χ3v) is 5.80. The van der Waals surface area contributed by atoms with Crippen molar-refractivity contribution in [2.45, 2.75) is 37.1 Å². The lowest BCUT2D eigenvalue weighted by Gasteiger charge is -2.41. The van der Waals surface area contributed by atoms with Gasteiger partial charge < -0.3 is 5.11 Å². The third kappa shape index (κ3) is 4.12. The summed E-state index contributed by atoms with van der Waals surface area (Å²) in [4.78, 5) is 13.0. The van der Waals surface area contributed by atoms with Crippen molar-refractivity contribution in [3.8, 4) is 0 Å². The Bertz CT molecular complexity index is 1120. The number of carbonyl (C=O) groups excluding carboxylic acids is 1. The first kappa shape index (κ1) is 25.4. The largest absolute Gasteiger partial charge is 0.460 e. The second-order valence-electron chi connectivity index (χ2n) is 7.29. The van der Waals surface area contributed by atoms with Crippen LogP contribution >= 0.6 is 27.5 Å². The molecular weight excluding hydrogens is 549 g/mol. The average Bonchev–Trinajstić information content (AvgIpc) is 3.06. The zero-order valence-corrected chi connectivity index (χ0v) is 18.7. The molecule has 0 radical (unpaired) electrons. The van der Waals surface area contributed by atoms with Gasteiger partial charge in [0.25, 0.3) is 5.91 Å². The summed E-state index contributed by atoms with van der Waals surface area (Å²) < 4.78 is 96.6. The number of benzene rings is 2. The smallest absolute Gasteiger partial charge is 0.364 e. The standard InChI is InChI=1S/C20H13BrClF7N2O2/c1-10-2-7-13(14(22)8-10)16(32)31-17(33,18(23,24)19(25,26)20(27,28)29)9-15(30-31)11-3-5-12(21)6-4-11/h2-8,33H,9H2,1H3/t17-/m1/s1. The highest BCUT2D eigenvalue weighted by Crippen LogP contribution is 2.55. The van der Waals surface area contributed by atoms with Crippen molar-refractivity contribution >= 4 is 39.1 Å². The minimum absolute atomic E-state index is 0.00746. The molecule has 13 heteroatoms. The monoisotopic (exact) mass is 560 g/mol. The van der Waals surface area contributed by atoms with Gasteiger partial charge in [-0.05, 0) is 42.3 Å². The predicted octanol–water partition coefficient (Wildman–Crippen LogP) is 6.18. The van der Waals surface area contributed by atoms with E-state index < -0.39 is 52.4 Å². The summed E-state index contributed by atoms with van der Waals surface area (Å²) in [7, 11) is 0. The van der Waals surface area contributed by atoms with Gasteiger partial charge in [0, 0.05) is 10.9 Å². The molecule has 1 N–H and O–H groups in total. The number of nitrogens with zero attached hydrogens (tertiary/aromatic N) is 2. The van der Waals surface area contributed by atoms with Crippen molar-refractivity contribution in [2.24, 2.45) is 5.10 Å².